The highest BCUT2D eigenvalue weighted by Gasteiger charge is 2.16. The summed E-state index contributed by atoms with van der Waals surface area (Å²) in [6.45, 7) is 6.09. The maximum absolute atomic E-state index is 5.84. The van der Waals surface area contributed by atoms with Gasteiger partial charge in [-0.1, -0.05) is 6.92 Å². The Hall–Kier alpha value is -0.960. The molecule has 0 aliphatic rings. The zero-order valence-corrected chi connectivity index (χ0v) is 8.49. The molecule has 1 rings (SSSR count). The first-order valence-corrected chi connectivity index (χ1v) is 4.69. The lowest BCUT2D eigenvalue weighted by atomic mass is 9.98. The Morgan fingerprint density at radius 2 is 1.92 bits per heavy atom. The quantitative estimate of drug-likeness (QED) is 0.767. The van der Waals surface area contributed by atoms with Crippen LogP contribution >= 0.6 is 0 Å². The van der Waals surface area contributed by atoms with Crippen LogP contribution in [0.5, 0.6) is 0 Å². The molecule has 3 heteroatoms. The van der Waals surface area contributed by atoms with Crippen molar-refractivity contribution in [2.24, 2.45) is 5.73 Å². The predicted octanol–water partition coefficient (Wildman–Crippen LogP) is 1.63. The number of aromatic nitrogens is 2. The van der Waals surface area contributed by atoms with Crippen LogP contribution in [0, 0.1) is 6.92 Å². The fourth-order valence-corrected chi connectivity index (χ4v) is 1.38. The fraction of sp³-hybridized carbons (Fsp3) is 0.600. The monoisotopic (exact) mass is 179 g/mol. The molecular formula is C10H17N3. The molecule has 72 valence electrons. The van der Waals surface area contributed by atoms with E-state index in [1.165, 1.54) is 0 Å². The normalized spacial score (nSPS) is 15.4. The molecule has 0 saturated carbocycles. The summed E-state index contributed by atoms with van der Waals surface area (Å²) in [6, 6.07) is 0.118. The first kappa shape index (κ1) is 10.1. The van der Waals surface area contributed by atoms with Crippen LogP contribution in [0.3, 0.4) is 0 Å². The number of aryl methyl sites for hydroxylation is 1. The Morgan fingerprint density at radius 1 is 1.38 bits per heavy atom. The topological polar surface area (TPSA) is 51.8 Å². The molecule has 3 nitrogen and oxygen atoms in total. The van der Waals surface area contributed by atoms with Crippen LogP contribution in [-0.2, 0) is 0 Å². The van der Waals surface area contributed by atoms with E-state index >= 15 is 0 Å². The molecule has 0 radical (unpaired) electrons. The number of hydrogen-bond donors (Lipinski definition) is 1. The van der Waals surface area contributed by atoms with E-state index < -0.39 is 0 Å². The molecule has 2 unspecified atom stereocenters. The lowest BCUT2D eigenvalue weighted by molar-refractivity contribution is 0.524. The summed E-state index contributed by atoms with van der Waals surface area (Å²) in [5.74, 6) is 1.14. The molecule has 13 heavy (non-hydrogen) atoms. The third-order valence-electron chi connectivity index (χ3n) is 2.21. The Bertz CT molecular complexity index is 253. The molecule has 0 aliphatic carbocycles. The van der Waals surface area contributed by atoms with E-state index in [1.54, 1.807) is 0 Å². The molecule has 2 atom stereocenters. The minimum Gasteiger partial charge on any atom is -0.327 e. The van der Waals surface area contributed by atoms with Crippen molar-refractivity contribution in [1.29, 1.82) is 0 Å². The first-order valence-electron chi connectivity index (χ1n) is 4.69. The molecule has 0 amide bonds. The van der Waals surface area contributed by atoms with Gasteiger partial charge < -0.3 is 5.73 Å². The largest absolute Gasteiger partial charge is 0.327 e. The SMILES string of the molecule is CCC(c1ncc(C)cn1)C(C)N. The number of nitrogens with two attached hydrogens (primary N) is 1. The van der Waals surface area contributed by atoms with Crippen molar-refractivity contribution in [3.05, 3.63) is 23.8 Å². The van der Waals surface area contributed by atoms with Crippen molar-refractivity contribution in [3.63, 3.8) is 0 Å². The first-order chi connectivity index (χ1) is 6.15. The highest BCUT2D eigenvalue weighted by atomic mass is 14.9. The van der Waals surface area contributed by atoms with Gasteiger partial charge in [-0.3, -0.25) is 0 Å². The lowest BCUT2D eigenvalue weighted by Gasteiger charge is -2.16. The molecule has 0 fully saturated rings. The minimum atomic E-state index is 0.118. The van der Waals surface area contributed by atoms with Gasteiger partial charge in [0.2, 0.25) is 0 Å². The zero-order valence-electron chi connectivity index (χ0n) is 8.49. The van der Waals surface area contributed by atoms with Gasteiger partial charge in [0.15, 0.2) is 0 Å². The molecule has 0 bridgehead atoms. The molecule has 0 saturated heterocycles. The van der Waals surface area contributed by atoms with Gasteiger partial charge in [-0.2, -0.15) is 0 Å². The van der Waals surface area contributed by atoms with E-state index in [4.69, 9.17) is 5.73 Å². The highest BCUT2D eigenvalue weighted by Crippen LogP contribution is 2.17. The molecule has 0 aromatic carbocycles. The molecule has 1 aromatic rings. The van der Waals surface area contributed by atoms with Crippen molar-refractivity contribution in [1.82, 2.24) is 9.97 Å². The van der Waals surface area contributed by atoms with Crippen LogP contribution in [0.4, 0.5) is 0 Å². The van der Waals surface area contributed by atoms with Gasteiger partial charge in [-0.25, -0.2) is 9.97 Å². The third kappa shape index (κ3) is 2.49. The summed E-state index contributed by atoms with van der Waals surface area (Å²) in [5, 5.41) is 0. The molecule has 1 heterocycles. The Morgan fingerprint density at radius 3 is 2.31 bits per heavy atom. The van der Waals surface area contributed by atoms with Gasteiger partial charge in [-0.15, -0.1) is 0 Å². The third-order valence-corrected chi connectivity index (χ3v) is 2.21. The van der Waals surface area contributed by atoms with E-state index in [0.29, 0.717) is 0 Å². The summed E-state index contributed by atoms with van der Waals surface area (Å²) < 4.78 is 0. The van der Waals surface area contributed by atoms with E-state index in [1.807, 2.05) is 26.2 Å². The van der Waals surface area contributed by atoms with Gasteiger partial charge in [-0.05, 0) is 25.8 Å². The van der Waals surface area contributed by atoms with Gasteiger partial charge in [0.25, 0.3) is 0 Å². The second-order valence-electron chi connectivity index (χ2n) is 3.49. The van der Waals surface area contributed by atoms with Crippen molar-refractivity contribution in [3.8, 4) is 0 Å². The van der Waals surface area contributed by atoms with Crippen LogP contribution in [0.25, 0.3) is 0 Å². The van der Waals surface area contributed by atoms with Crippen molar-refractivity contribution < 1.29 is 0 Å². The van der Waals surface area contributed by atoms with Crippen LogP contribution in [0.2, 0.25) is 0 Å². The van der Waals surface area contributed by atoms with Crippen LogP contribution in [-0.4, -0.2) is 16.0 Å². The Kier molecular flexibility index (Phi) is 3.37. The van der Waals surface area contributed by atoms with Gasteiger partial charge in [0.05, 0.1) is 0 Å². The summed E-state index contributed by atoms with van der Waals surface area (Å²) in [6.07, 6.45) is 4.67. The summed E-state index contributed by atoms with van der Waals surface area (Å²) >= 11 is 0. The number of nitrogens with zero attached hydrogens (tertiary/aromatic N) is 2. The van der Waals surface area contributed by atoms with E-state index in [2.05, 4.69) is 16.9 Å². The maximum Gasteiger partial charge on any atom is 0.132 e. The minimum absolute atomic E-state index is 0.118. The van der Waals surface area contributed by atoms with E-state index in [0.717, 1.165) is 17.8 Å². The van der Waals surface area contributed by atoms with Gasteiger partial charge in [0, 0.05) is 24.4 Å². The molecule has 1 aromatic heterocycles. The average Bonchev–Trinajstić information content (AvgIpc) is 2.09. The molecular weight excluding hydrogens is 162 g/mol. The lowest BCUT2D eigenvalue weighted by Crippen LogP contribution is -2.25. The number of hydrogen-bond acceptors (Lipinski definition) is 3. The summed E-state index contributed by atoms with van der Waals surface area (Å²) in [7, 11) is 0. The fourth-order valence-electron chi connectivity index (χ4n) is 1.38. The van der Waals surface area contributed by atoms with E-state index in [9.17, 15) is 0 Å². The van der Waals surface area contributed by atoms with Crippen LogP contribution in [0.1, 0.15) is 37.6 Å². The van der Waals surface area contributed by atoms with Crippen molar-refractivity contribution >= 4 is 0 Å². The van der Waals surface area contributed by atoms with Crippen LogP contribution < -0.4 is 5.73 Å². The Labute approximate surface area is 79.4 Å². The Balaban J connectivity index is 2.86. The second kappa shape index (κ2) is 4.33. The summed E-state index contributed by atoms with van der Waals surface area (Å²) in [5.41, 5.74) is 6.92. The zero-order chi connectivity index (χ0) is 9.84. The predicted molar refractivity (Wildman–Crippen MR) is 53.5 cm³/mol. The molecule has 2 N–H and O–H groups in total. The number of rotatable bonds is 3. The van der Waals surface area contributed by atoms with E-state index in [-0.39, 0.29) is 12.0 Å². The van der Waals surface area contributed by atoms with Crippen molar-refractivity contribution in [2.75, 3.05) is 0 Å². The second-order valence-corrected chi connectivity index (χ2v) is 3.49. The van der Waals surface area contributed by atoms with Crippen LogP contribution in [0.15, 0.2) is 12.4 Å². The smallest absolute Gasteiger partial charge is 0.132 e. The summed E-state index contributed by atoms with van der Waals surface area (Å²) in [4.78, 5) is 8.56. The van der Waals surface area contributed by atoms with Crippen molar-refractivity contribution in [2.45, 2.75) is 39.2 Å². The standard InChI is InChI=1S/C10H17N3/c1-4-9(8(3)11)10-12-5-7(2)6-13-10/h5-6,8-9H,4,11H2,1-3H3. The average molecular weight is 179 g/mol. The molecule has 0 aliphatic heterocycles. The highest BCUT2D eigenvalue weighted by molar-refractivity contribution is 5.06. The maximum atomic E-state index is 5.84. The molecule has 0 spiro atoms. The van der Waals surface area contributed by atoms with Gasteiger partial charge >= 0.3 is 0 Å². The van der Waals surface area contributed by atoms with Gasteiger partial charge in [0.1, 0.15) is 5.82 Å².